The lowest BCUT2D eigenvalue weighted by Gasteiger charge is -2.62. The van der Waals surface area contributed by atoms with E-state index in [0.717, 1.165) is 0 Å². The molecule has 0 aromatic carbocycles. The van der Waals surface area contributed by atoms with Gasteiger partial charge in [-0.3, -0.25) is 9.59 Å². The number of hydrogen-bond acceptors (Lipinski definition) is 10. The van der Waals surface area contributed by atoms with E-state index in [9.17, 15) is 45.0 Å². The Labute approximate surface area is 230 Å². The number of ketones is 2. The van der Waals surface area contributed by atoms with Crippen LogP contribution in [0.25, 0.3) is 0 Å². The standard InChI is InChI=1S/C28H37FO11/c1-12-8-16-15-5-4-13-9-14(30)6-7-25(13,2)27(15,29)17(31)10-26(16,3)28(12,38)18(32)11-39-24-21(35)19(33)20(34)22(40-24)23(36)37/h6-7,9,12,15-17,19-22,24,31,33-35,38H,4-5,8,10-11H2,1-3H3,(H,36,37)/t12-,15-,16-,17-,19?,20?,21?,22?,24?,25-,26-,27-,28-/m0/s1. The quantitative estimate of drug-likeness (QED) is 0.258. The molecule has 11 nitrogen and oxygen atoms in total. The maximum absolute atomic E-state index is 17.3. The number of aliphatic carboxylic acids is 1. The van der Waals surface area contributed by atoms with Crippen molar-refractivity contribution in [2.45, 2.75) is 94.5 Å². The fraction of sp³-hybridized carbons (Fsp3) is 0.750. The number of hydrogen-bond donors (Lipinski definition) is 6. The molecule has 1 heterocycles. The molecule has 3 saturated carbocycles. The number of carbonyl (C=O) groups is 3. The summed E-state index contributed by atoms with van der Waals surface area (Å²) in [5.41, 5.74) is -6.07. The van der Waals surface area contributed by atoms with Gasteiger partial charge >= 0.3 is 5.97 Å². The largest absolute Gasteiger partial charge is 0.479 e. The van der Waals surface area contributed by atoms with E-state index in [1.807, 2.05) is 0 Å². The summed E-state index contributed by atoms with van der Waals surface area (Å²) in [6.45, 7) is 4.16. The second kappa shape index (κ2) is 9.48. The van der Waals surface area contributed by atoms with Gasteiger partial charge in [-0.25, -0.2) is 9.18 Å². The number of halogens is 1. The van der Waals surface area contributed by atoms with Gasteiger partial charge in [0, 0.05) is 16.7 Å². The predicted octanol–water partition coefficient (Wildman–Crippen LogP) is -0.188. The van der Waals surface area contributed by atoms with Crippen LogP contribution < -0.4 is 0 Å². The molecule has 12 heteroatoms. The van der Waals surface area contributed by atoms with Gasteiger partial charge in [-0.15, -0.1) is 0 Å². The molecule has 13 atom stereocenters. The zero-order chi connectivity index (χ0) is 29.6. The van der Waals surface area contributed by atoms with Gasteiger partial charge in [0.05, 0.1) is 6.10 Å². The third-order valence-electron chi connectivity index (χ3n) is 10.8. The average Bonchev–Trinajstić information content (AvgIpc) is 3.09. The van der Waals surface area contributed by atoms with E-state index >= 15 is 4.39 Å². The second-order valence-corrected chi connectivity index (χ2v) is 12.6. The van der Waals surface area contributed by atoms with Crippen LogP contribution in [0.15, 0.2) is 23.8 Å². The van der Waals surface area contributed by atoms with Crippen LogP contribution in [0.2, 0.25) is 0 Å². The molecule has 6 N–H and O–H groups in total. The lowest BCUT2D eigenvalue weighted by molar-refractivity contribution is -0.293. The molecule has 5 rings (SSSR count). The Hall–Kier alpha value is -2.06. The summed E-state index contributed by atoms with van der Waals surface area (Å²) < 4.78 is 27.7. The van der Waals surface area contributed by atoms with E-state index in [-0.39, 0.29) is 18.6 Å². The molecule has 1 aliphatic heterocycles. The summed E-state index contributed by atoms with van der Waals surface area (Å²) in [7, 11) is 0. The summed E-state index contributed by atoms with van der Waals surface area (Å²) in [6.07, 6.45) is -5.93. The van der Waals surface area contributed by atoms with Crippen molar-refractivity contribution in [3.63, 3.8) is 0 Å². The Kier molecular flexibility index (Phi) is 6.98. The summed E-state index contributed by atoms with van der Waals surface area (Å²) in [4.78, 5) is 37.0. The van der Waals surface area contributed by atoms with Crippen LogP contribution in [-0.2, 0) is 23.9 Å². The Balaban J connectivity index is 1.40. The molecule has 5 unspecified atom stereocenters. The summed E-state index contributed by atoms with van der Waals surface area (Å²) in [6, 6.07) is 0. The number of alkyl halides is 1. The molecule has 0 bridgehead atoms. The van der Waals surface area contributed by atoms with Crippen LogP contribution >= 0.6 is 0 Å². The molecule has 0 spiro atoms. The van der Waals surface area contributed by atoms with Crippen LogP contribution in [0, 0.1) is 28.6 Å². The molecule has 5 aliphatic rings. The van der Waals surface area contributed by atoms with Gasteiger partial charge < -0.3 is 40.1 Å². The number of carboxylic acids is 1. The Morgan fingerprint density at radius 2 is 1.80 bits per heavy atom. The molecule has 0 aromatic rings. The van der Waals surface area contributed by atoms with Gasteiger partial charge in [0.25, 0.3) is 0 Å². The van der Waals surface area contributed by atoms with Gasteiger partial charge in [0.2, 0.25) is 0 Å². The second-order valence-electron chi connectivity index (χ2n) is 12.6. The van der Waals surface area contributed by atoms with Gasteiger partial charge in [-0.05, 0) is 56.6 Å². The molecular formula is C28H37FO11. The van der Waals surface area contributed by atoms with Crippen molar-refractivity contribution in [3.05, 3.63) is 23.8 Å². The Morgan fingerprint density at radius 1 is 1.12 bits per heavy atom. The first-order chi connectivity index (χ1) is 18.5. The minimum atomic E-state index is -2.13. The lowest BCUT2D eigenvalue weighted by Crippen LogP contribution is -2.69. The smallest absolute Gasteiger partial charge is 0.335 e. The molecule has 0 aromatic heterocycles. The zero-order valence-electron chi connectivity index (χ0n) is 22.6. The van der Waals surface area contributed by atoms with Gasteiger partial charge in [0.15, 0.2) is 29.6 Å². The number of rotatable bonds is 5. The number of allylic oxidation sites excluding steroid dienone is 4. The van der Waals surface area contributed by atoms with Crippen LogP contribution in [0.1, 0.15) is 46.5 Å². The van der Waals surface area contributed by atoms with Crippen molar-refractivity contribution in [3.8, 4) is 0 Å². The molecule has 4 fully saturated rings. The summed E-state index contributed by atoms with van der Waals surface area (Å²) >= 11 is 0. The van der Waals surface area contributed by atoms with Crippen molar-refractivity contribution in [1.82, 2.24) is 0 Å². The van der Waals surface area contributed by atoms with Crippen LogP contribution in [0.5, 0.6) is 0 Å². The highest BCUT2D eigenvalue weighted by atomic mass is 19.1. The SMILES string of the molecule is C[C@H]1C[C@H]2[C@@H]3CCC4=CC(=O)C=C[C@]4(C)[C@@]3(F)[C@@H](O)C[C@]2(C)[C@@]1(O)C(=O)COC1OC(C(=O)O)C(O)C(O)C1O. The molecule has 40 heavy (non-hydrogen) atoms. The van der Waals surface area contributed by atoms with Gasteiger partial charge in [-0.2, -0.15) is 0 Å². The fourth-order valence-corrected chi connectivity index (χ4v) is 8.60. The van der Waals surface area contributed by atoms with Crippen LogP contribution in [-0.4, -0.2) is 103 Å². The van der Waals surface area contributed by atoms with Gasteiger partial charge in [0.1, 0.15) is 30.5 Å². The van der Waals surface area contributed by atoms with E-state index in [0.29, 0.717) is 18.4 Å². The predicted molar refractivity (Wildman–Crippen MR) is 133 cm³/mol. The van der Waals surface area contributed by atoms with E-state index in [2.05, 4.69) is 0 Å². The first-order valence-corrected chi connectivity index (χ1v) is 13.6. The van der Waals surface area contributed by atoms with Crippen molar-refractivity contribution in [2.24, 2.45) is 28.6 Å². The first-order valence-electron chi connectivity index (χ1n) is 13.6. The molecule has 0 amide bonds. The van der Waals surface area contributed by atoms with Crippen LogP contribution in [0.4, 0.5) is 4.39 Å². The molecule has 0 radical (unpaired) electrons. The molecule has 1 saturated heterocycles. The van der Waals surface area contributed by atoms with Crippen molar-refractivity contribution < 1.29 is 58.9 Å². The van der Waals surface area contributed by atoms with E-state index in [4.69, 9.17) is 9.47 Å². The number of aliphatic hydroxyl groups is 5. The summed E-state index contributed by atoms with van der Waals surface area (Å²) in [5.74, 6) is -4.56. The zero-order valence-corrected chi connectivity index (χ0v) is 22.6. The highest BCUT2D eigenvalue weighted by Crippen LogP contribution is 2.70. The number of Topliss-reactive ketones (excluding diaryl/α,β-unsaturated/α-hetero) is 1. The van der Waals surface area contributed by atoms with Crippen LogP contribution in [0.3, 0.4) is 0 Å². The Morgan fingerprint density at radius 3 is 2.45 bits per heavy atom. The minimum absolute atomic E-state index is 0.233. The molecule has 222 valence electrons. The molecule has 4 aliphatic carbocycles. The number of aliphatic hydroxyl groups excluding tert-OH is 4. The van der Waals surface area contributed by atoms with E-state index in [1.165, 1.54) is 18.2 Å². The van der Waals surface area contributed by atoms with Gasteiger partial charge in [-0.1, -0.05) is 25.5 Å². The topological polar surface area (TPSA) is 191 Å². The van der Waals surface area contributed by atoms with Crippen molar-refractivity contribution in [2.75, 3.05) is 6.61 Å². The Bertz CT molecular complexity index is 1170. The maximum atomic E-state index is 17.3. The van der Waals surface area contributed by atoms with E-state index < -0.39 is 95.0 Å². The molecular weight excluding hydrogens is 531 g/mol. The number of carboxylic acid groups (broad SMARTS) is 1. The minimum Gasteiger partial charge on any atom is -0.479 e. The van der Waals surface area contributed by atoms with Crippen molar-refractivity contribution >= 4 is 17.5 Å². The third kappa shape index (κ3) is 3.70. The maximum Gasteiger partial charge on any atom is 0.335 e. The number of fused-ring (bicyclic) bond motifs is 5. The number of carbonyl (C=O) groups excluding carboxylic acids is 2. The monoisotopic (exact) mass is 568 g/mol. The average molecular weight is 569 g/mol. The highest BCUT2D eigenvalue weighted by Gasteiger charge is 2.75. The van der Waals surface area contributed by atoms with E-state index in [1.54, 1.807) is 20.8 Å². The fourth-order valence-electron chi connectivity index (χ4n) is 8.60. The lowest BCUT2D eigenvalue weighted by atomic mass is 9.44. The third-order valence-corrected chi connectivity index (χ3v) is 10.8. The summed E-state index contributed by atoms with van der Waals surface area (Å²) in [5, 5.41) is 62.8. The number of ether oxygens (including phenoxy) is 2. The first kappa shape index (κ1) is 29.4. The van der Waals surface area contributed by atoms with Crippen molar-refractivity contribution in [1.29, 1.82) is 0 Å². The highest BCUT2D eigenvalue weighted by molar-refractivity contribution is 6.01. The normalized spacial score (nSPS) is 51.9.